The minimum absolute atomic E-state index is 0.0255. The Labute approximate surface area is 175 Å². The smallest absolute Gasteiger partial charge is 0.237 e. The lowest BCUT2D eigenvalue weighted by Gasteiger charge is -2.23. The zero-order valence-corrected chi connectivity index (χ0v) is 17.1. The van der Waals surface area contributed by atoms with Gasteiger partial charge in [0, 0.05) is 42.8 Å². The first-order valence-corrected chi connectivity index (χ1v) is 10.4. The van der Waals surface area contributed by atoms with Crippen molar-refractivity contribution in [3.63, 3.8) is 0 Å². The average Bonchev–Trinajstić information content (AvgIpc) is 3.35. The van der Waals surface area contributed by atoms with E-state index in [0.29, 0.717) is 13.2 Å². The van der Waals surface area contributed by atoms with Crippen LogP contribution in [0.15, 0.2) is 30.5 Å². The van der Waals surface area contributed by atoms with Crippen LogP contribution in [0.1, 0.15) is 19.8 Å². The van der Waals surface area contributed by atoms with Crippen LogP contribution < -0.4 is 10.1 Å². The van der Waals surface area contributed by atoms with Crippen LogP contribution in [0.25, 0.3) is 10.9 Å². The number of pyridine rings is 1. The van der Waals surface area contributed by atoms with Crippen LogP contribution in [0.2, 0.25) is 0 Å². The van der Waals surface area contributed by atoms with Crippen molar-refractivity contribution in [2.45, 2.75) is 38.0 Å². The van der Waals surface area contributed by atoms with E-state index in [1.54, 1.807) is 6.20 Å². The SMILES string of the molecule is CCOc1ccc(N[C@H]2CCN(CC(=O)N3C[C@@H](F)CC3C#N)C2)c2cccnc12. The maximum Gasteiger partial charge on any atom is 0.237 e. The fourth-order valence-electron chi connectivity index (χ4n) is 4.32. The summed E-state index contributed by atoms with van der Waals surface area (Å²) in [6.07, 6.45) is 1.67. The number of ether oxygens (including phenoxy) is 1. The third-order valence-corrected chi connectivity index (χ3v) is 5.74. The molecule has 2 saturated heterocycles. The molecule has 8 heteroatoms. The molecule has 2 fully saturated rings. The summed E-state index contributed by atoms with van der Waals surface area (Å²) in [6.45, 7) is 4.26. The summed E-state index contributed by atoms with van der Waals surface area (Å²) >= 11 is 0. The first kappa shape index (κ1) is 20.4. The Kier molecular flexibility index (Phi) is 6.00. The van der Waals surface area contributed by atoms with Crippen LogP contribution in [0.5, 0.6) is 5.75 Å². The summed E-state index contributed by atoms with van der Waals surface area (Å²) in [5.74, 6) is 0.596. The van der Waals surface area contributed by atoms with Crippen LogP contribution in [0, 0.1) is 11.3 Å². The molecule has 1 aromatic carbocycles. The van der Waals surface area contributed by atoms with Gasteiger partial charge >= 0.3 is 0 Å². The van der Waals surface area contributed by atoms with Gasteiger partial charge in [0.15, 0.2) is 0 Å². The first-order valence-electron chi connectivity index (χ1n) is 10.4. The van der Waals surface area contributed by atoms with Crippen LogP contribution in [0.4, 0.5) is 10.1 Å². The Balaban J connectivity index is 1.39. The molecule has 0 bridgehead atoms. The van der Waals surface area contributed by atoms with Crippen LogP contribution >= 0.6 is 0 Å². The standard InChI is InChI=1S/C22H26FN5O2/c1-2-30-20-6-5-19(18-4-3-8-25-22(18)20)26-16-7-9-27(13-16)14-21(29)28-12-15(23)10-17(28)11-24/h3-6,8,15-17,26H,2,7,9-10,12-14H2,1H3/t15-,16-,17?/m0/s1. The number of nitriles is 1. The van der Waals surface area contributed by atoms with E-state index in [2.05, 4.69) is 15.2 Å². The Morgan fingerprint density at radius 3 is 3.07 bits per heavy atom. The molecule has 1 aromatic heterocycles. The van der Waals surface area contributed by atoms with E-state index in [1.807, 2.05) is 37.3 Å². The lowest BCUT2D eigenvalue weighted by molar-refractivity contribution is -0.132. The second-order valence-corrected chi connectivity index (χ2v) is 7.83. The van der Waals surface area contributed by atoms with E-state index >= 15 is 0 Å². The number of carbonyl (C=O) groups is 1. The molecule has 0 radical (unpaired) electrons. The van der Waals surface area contributed by atoms with Crippen molar-refractivity contribution in [2.24, 2.45) is 0 Å². The van der Waals surface area contributed by atoms with E-state index < -0.39 is 12.2 Å². The molecule has 0 spiro atoms. The van der Waals surface area contributed by atoms with Crippen molar-refractivity contribution in [1.82, 2.24) is 14.8 Å². The zero-order chi connectivity index (χ0) is 21.1. The van der Waals surface area contributed by atoms with Gasteiger partial charge in [0.25, 0.3) is 0 Å². The summed E-state index contributed by atoms with van der Waals surface area (Å²) in [5, 5.41) is 13.7. The van der Waals surface area contributed by atoms with E-state index in [1.165, 1.54) is 4.90 Å². The summed E-state index contributed by atoms with van der Waals surface area (Å²) in [7, 11) is 0. The molecule has 1 unspecified atom stereocenters. The number of hydrogen-bond donors (Lipinski definition) is 1. The van der Waals surface area contributed by atoms with Crippen LogP contribution in [-0.4, -0.2) is 71.7 Å². The molecule has 7 nitrogen and oxygen atoms in total. The lowest BCUT2D eigenvalue weighted by atomic mass is 10.1. The van der Waals surface area contributed by atoms with Gasteiger partial charge in [-0.05, 0) is 37.6 Å². The predicted octanol–water partition coefficient (Wildman–Crippen LogP) is 2.58. The molecule has 3 atom stereocenters. The van der Waals surface area contributed by atoms with Gasteiger partial charge < -0.3 is 15.0 Å². The molecule has 0 saturated carbocycles. The maximum atomic E-state index is 13.6. The fraction of sp³-hybridized carbons (Fsp3) is 0.500. The van der Waals surface area contributed by atoms with Gasteiger partial charge in [0.05, 0.1) is 25.8 Å². The van der Waals surface area contributed by atoms with Gasteiger partial charge in [-0.3, -0.25) is 14.7 Å². The fourth-order valence-corrected chi connectivity index (χ4v) is 4.32. The molecule has 158 valence electrons. The highest BCUT2D eigenvalue weighted by Gasteiger charge is 2.36. The van der Waals surface area contributed by atoms with E-state index in [9.17, 15) is 9.18 Å². The molecular formula is C22H26FN5O2. The van der Waals surface area contributed by atoms with E-state index in [-0.39, 0.29) is 31.5 Å². The van der Waals surface area contributed by atoms with Gasteiger partial charge in [-0.15, -0.1) is 0 Å². The predicted molar refractivity (Wildman–Crippen MR) is 112 cm³/mol. The molecule has 2 aromatic rings. The number of rotatable bonds is 6. The first-order chi connectivity index (χ1) is 14.6. The molecule has 3 heterocycles. The number of aromatic nitrogens is 1. The van der Waals surface area contributed by atoms with Gasteiger partial charge in [0.1, 0.15) is 23.5 Å². The number of benzene rings is 1. The number of carbonyl (C=O) groups excluding carboxylic acids is 1. The number of fused-ring (bicyclic) bond motifs is 1. The topological polar surface area (TPSA) is 81.5 Å². The Bertz CT molecular complexity index is 962. The molecule has 1 N–H and O–H groups in total. The lowest BCUT2D eigenvalue weighted by Crippen LogP contribution is -2.42. The molecule has 2 aliphatic heterocycles. The largest absolute Gasteiger partial charge is 0.492 e. The number of anilines is 1. The highest BCUT2D eigenvalue weighted by atomic mass is 19.1. The van der Waals surface area contributed by atoms with E-state index in [4.69, 9.17) is 10.00 Å². The van der Waals surface area contributed by atoms with Crippen molar-refractivity contribution in [2.75, 3.05) is 38.1 Å². The molecule has 4 rings (SSSR count). The summed E-state index contributed by atoms with van der Waals surface area (Å²) in [6, 6.07) is 9.45. The molecule has 2 aliphatic rings. The van der Waals surface area contributed by atoms with Gasteiger partial charge in [-0.2, -0.15) is 5.26 Å². The summed E-state index contributed by atoms with van der Waals surface area (Å²) in [5.41, 5.74) is 1.82. The number of halogens is 1. The number of amides is 1. The number of nitrogens with zero attached hydrogens (tertiary/aromatic N) is 4. The molecule has 0 aliphatic carbocycles. The normalized spacial score (nSPS) is 24.2. The third kappa shape index (κ3) is 4.17. The van der Waals surface area contributed by atoms with Crippen molar-refractivity contribution in [3.05, 3.63) is 30.5 Å². The number of likely N-dealkylation sites (tertiary alicyclic amines) is 2. The van der Waals surface area contributed by atoms with Crippen molar-refractivity contribution in [1.29, 1.82) is 5.26 Å². The Hall–Kier alpha value is -2.92. The second kappa shape index (κ2) is 8.84. The minimum atomic E-state index is -1.10. The van der Waals surface area contributed by atoms with Crippen molar-refractivity contribution < 1.29 is 13.9 Å². The quantitative estimate of drug-likeness (QED) is 0.787. The number of hydrogen-bond acceptors (Lipinski definition) is 6. The highest BCUT2D eigenvalue weighted by Crippen LogP contribution is 2.31. The number of alkyl halides is 1. The van der Waals surface area contributed by atoms with Crippen molar-refractivity contribution >= 4 is 22.5 Å². The Morgan fingerprint density at radius 1 is 1.40 bits per heavy atom. The average molecular weight is 411 g/mol. The summed E-state index contributed by atoms with van der Waals surface area (Å²) < 4.78 is 19.3. The monoisotopic (exact) mass is 411 g/mol. The zero-order valence-electron chi connectivity index (χ0n) is 17.1. The van der Waals surface area contributed by atoms with E-state index in [0.717, 1.165) is 35.3 Å². The second-order valence-electron chi connectivity index (χ2n) is 7.83. The van der Waals surface area contributed by atoms with Crippen LogP contribution in [0.3, 0.4) is 0 Å². The van der Waals surface area contributed by atoms with Crippen LogP contribution in [-0.2, 0) is 4.79 Å². The highest BCUT2D eigenvalue weighted by molar-refractivity contribution is 5.95. The van der Waals surface area contributed by atoms with Gasteiger partial charge in [0.2, 0.25) is 5.91 Å². The minimum Gasteiger partial charge on any atom is -0.492 e. The Morgan fingerprint density at radius 2 is 2.27 bits per heavy atom. The number of nitrogens with one attached hydrogen (secondary N) is 1. The van der Waals surface area contributed by atoms with Gasteiger partial charge in [-0.25, -0.2) is 4.39 Å². The third-order valence-electron chi connectivity index (χ3n) is 5.74. The molecular weight excluding hydrogens is 385 g/mol. The maximum absolute atomic E-state index is 13.6. The van der Waals surface area contributed by atoms with Gasteiger partial charge in [-0.1, -0.05) is 0 Å². The molecule has 1 amide bonds. The molecule has 30 heavy (non-hydrogen) atoms. The summed E-state index contributed by atoms with van der Waals surface area (Å²) in [4.78, 5) is 20.5. The van der Waals surface area contributed by atoms with Crippen molar-refractivity contribution in [3.8, 4) is 11.8 Å².